The average molecular weight is 259 g/mol. The van der Waals surface area contributed by atoms with Gasteiger partial charge in [-0.25, -0.2) is 4.39 Å². The third kappa shape index (κ3) is 1.24. The minimum atomic E-state index is -0.131. The monoisotopic (exact) mass is 259 g/mol. The fourth-order valence-corrected chi connectivity index (χ4v) is 4.56. The zero-order valence-electron chi connectivity index (χ0n) is 10.2. The van der Waals surface area contributed by atoms with Gasteiger partial charge in [0.1, 0.15) is 5.82 Å². The van der Waals surface area contributed by atoms with Crippen molar-refractivity contribution in [3.05, 3.63) is 57.0 Å². The van der Waals surface area contributed by atoms with E-state index in [1.165, 1.54) is 16.0 Å². The van der Waals surface area contributed by atoms with E-state index in [-0.39, 0.29) is 11.4 Å². The molecule has 2 aromatic rings. The highest BCUT2D eigenvalue weighted by atomic mass is 32.1. The summed E-state index contributed by atoms with van der Waals surface area (Å²) in [5.41, 5.74) is 3.72. The quantitative estimate of drug-likeness (QED) is 0.760. The molecule has 1 aromatic heterocycles. The summed E-state index contributed by atoms with van der Waals surface area (Å²) >= 11 is 1.81. The predicted molar refractivity (Wildman–Crippen MR) is 71.4 cm³/mol. The van der Waals surface area contributed by atoms with Crippen LogP contribution in [-0.4, -0.2) is 0 Å². The normalized spacial score (nSPS) is 28.7. The molecule has 2 aliphatic rings. The summed E-state index contributed by atoms with van der Waals surface area (Å²) in [6, 6.07) is 7.76. The highest BCUT2D eigenvalue weighted by Gasteiger charge is 2.44. The second-order valence-electron chi connectivity index (χ2n) is 5.37. The third-order valence-corrected chi connectivity index (χ3v) is 5.47. The van der Waals surface area contributed by atoms with Crippen molar-refractivity contribution in [3.8, 4) is 0 Å². The van der Waals surface area contributed by atoms with Gasteiger partial charge in [-0.3, -0.25) is 5.32 Å². The fourth-order valence-electron chi connectivity index (χ4n) is 3.47. The first kappa shape index (κ1) is 10.7. The summed E-state index contributed by atoms with van der Waals surface area (Å²) < 4.78 is 13.5. The molecule has 0 saturated carbocycles. The molecule has 2 atom stereocenters. The van der Waals surface area contributed by atoms with E-state index >= 15 is 0 Å². The molecular weight excluding hydrogens is 245 g/mol. The molecule has 4 rings (SSSR count). The van der Waals surface area contributed by atoms with Crippen LogP contribution in [0.5, 0.6) is 0 Å². The molecule has 0 fully saturated rings. The zero-order chi connectivity index (χ0) is 12.3. The molecular formula is C15H14FNS. The molecule has 2 aliphatic heterocycles. The summed E-state index contributed by atoms with van der Waals surface area (Å²) in [4.78, 5) is 1.40. The summed E-state index contributed by atoms with van der Waals surface area (Å²) in [7, 11) is 0. The maximum atomic E-state index is 13.5. The standard InChI is InChI=1S/C15H14FNS/c1-15-12-4-3-10(16)8-11(12)13(17-15)5-2-9-6-7-18-14(9)15/h3-4,6-8,13,17H,2,5H2,1H3. The molecule has 0 aliphatic carbocycles. The van der Waals surface area contributed by atoms with E-state index in [4.69, 9.17) is 0 Å². The van der Waals surface area contributed by atoms with Crippen molar-refractivity contribution < 1.29 is 4.39 Å². The Bertz CT molecular complexity index is 633. The molecule has 1 N–H and O–H groups in total. The lowest BCUT2D eigenvalue weighted by Gasteiger charge is -2.26. The van der Waals surface area contributed by atoms with Crippen molar-refractivity contribution in [2.75, 3.05) is 0 Å². The van der Waals surface area contributed by atoms with Crippen LogP contribution in [-0.2, 0) is 12.0 Å². The van der Waals surface area contributed by atoms with Crippen molar-refractivity contribution in [3.63, 3.8) is 0 Å². The Balaban J connectivity index is 2.01. The molecule has 2 unspecified atom stereocenters. The van der Waals surface area contributed by atoms with Gasteiger partial charge in [0.15, 0.2) is 0 Å². The Kier molecular flexibility index (Phi) is 2.04. The van der Waals surface area contributed by atoms with E-state index in [1.54, 1.807) is 12.1 Å². The van der Waals surface area contributed by atoms with Crippen LogP contribution in [0.1, 0.15) is 41.0 Å². The average Bonchev–Trinajstić information content (AvgIpc) is 2.87. The van der Waals surface area contributed by atoms with Crippen molar-refractivity contribution in [2.24, 2.45) is 0 Å². The summed E-state index contributed by atoms with van der Waals surface area (Å²) in [5.74, 6) is -0.128. The van der Waals surface area contributed by atoms with Crippen LogP contribution in [0.2, 0.25) is 0 Å². The third-order valence-electron chi connectivity index (χ3n) is 4.29. The number of hydrogen-bond donors (Lipinski definition) is 1. The fraction of sp³-hybridized carbons (Fsp3) is 0.333. The van der Waals surface area contributed by atoms with Gasteiger partial charge < -0.3 is 0 Å². The second-order valence-corrected chi connectivity index (χ2v) is 6.28. The van der Waals surface area contributed by atoms with Gasteiger partial charge in [-0.15, -0.1) is 11.3 Å². The molecule has 0 radical (unpaired) electrons. The van der Waals surface area contributed by atoms with Gasteiger partial charge in [0, 0.05) is 10.9 Å². The number of benzene rings is 1. The number of rotatable bonds is 0. The van der Waals surface area contributed by atoms with Crippen LogP contribution < -0.4 is 5.32 Å². The molecule has 2 bridgehead atoms. The summed E-state index contributed by atoms with van der Waals surface area (Å²) in [5, 5.41) is 5.87. The molecule has 0 saturated heterocycles. The lowest BCUT2D eigenvalue weighted by molar-refractivity contribution is 0.428. The van der Waals surface area contributed by atoms with Crippen molar-refractivity contribution in [2.45, 2.75) is 31.3 Å². The Labute approximate surface area is 110 Å². The maximum Gasteiger partial charge on any atom is 0.123 e. The SMILES string of the molecule is CC12NC(CCc3ccsc31)c1cc(F)ccc12. The van der Waals surface area contributed by atoms with Gasteiger partial charge in [0.05, 0.1) is 5.54 Å². The molecule has 1 nitrogen and oxygen atoms in total. The lowest BCUT2D eigenvalue weighted by Crippen LogP contribution is -2.34. The van der Waals surface area contributed by atoms with E-state index in [2.05, 4.69) is 23.7 Å². The largest absolute Gasteiger partial charge is 0.296 e. The van der Waals surface area contributed by atoms with E-state index in [1.807, 2.05) is 17.4 Å². The van der Waals surface area contributed by atoms with Gasteiger partial charge in [-0.2, -0.15) is 0 Å². The predicted octanol–water partition coefficient (Wildman–Crippen LogP) is 3.74. The van der Waals surface area contributed by atoms with Gasteiger partial charge in [0.2, 0.25) is 0 Å². The lowest BCUT2D eigenvalue weighted by atomic mass is 9.86. The van der Waals surface area contributed by atoms with E-state index in [9.17, 15) is 4.39 Å². The first-order chi connectivity index (χ1) is 8.68. The number of thiophene rings is 1. The molecule has 1 aromatic carbocycles. The van der Waals surface area contributed by atoms with Crippen LogP contribution in [0.4, 0.5) is 4.39 Å². The van der Waals surface area contributed by atoms with Gasteiger partial charge >= 0.3 is 0 Å². The van der Waals surface area contributed by atoms with E-state index < -0.39 is 0 Å². The van der Waals surface area contributed by atoms with E-state index in [0.29, 0.717) is 6.04 Å². The highest BCUT2D eigenvalue weighted by Crippen LogP contribution is 2.48. The zero-order valence-corrected chi connectivity index (χ0v) is 11.0. The first-order valence-electron chi connectivity index (χ1n) is 6.33. The number of halogens is 1. The Morgan fingerprint density at radius 1 is 1.39 bits per heavy atom. The number of nitrogens with one attached hydrogen (secondary N) is 1. The molecule has 0 amide bonds. The van der Waals surface area contributed by atoms with Crippen molar-refractivity contribution in [1.29, 1.82) is 0 Å². The minimum Gasteiger partial charge on any atom is -0.296 e. The molecule has 3 heteroatoms. The topological polar surface area (TPSA) is 12.0 Å². The molecule has 92 valence electrons. The molecule has 3 heterocycles. The van der Waals surface area contributed by atoms with Crippen molar-refractivity contribution in [1.82, 2.24) is 5.32 Å². The van der Waals surface area contributed by atoms with Gasteiger partial charge in [0.25, 0.3) is 0 Å². The van der Waals surface area contributed by atoms with Crippen LogP contribution in [0.3, 0.4) is 0 Å². The van der Waals surface area contributed by atoms with Gasteiger partial charge in [-0.1, -0.05) is 6.07 Å². The van der Waals surface area contributed by atoms with Gasteiger partial charge in [-0.05, 0) is 60.0 Å². The van der Waals surface area contributed by atoms with Crippen LogP contribution in [0.25, 0.3) is 0 Å². The Morgan fingerprint density at radius 2 is 2.28 bits per heavy atom. The van der Waals surface area contributed by atoms with Crippen LogP contribution in [0, 0.1) is 5.82 Å². The Hall–Kier alpha value is -1.19. The molecule has 0 spiro atoms. The maximum absolute atomic E-state index is 13.5. The van der Waals surface area contributed by atoms with E-state index in [0.717, 1.165) is 18.4 Å². The minimum absolute atomic E-state index is 0.128. The van der Waals surface area contributed by atoms with Crippen LogP contribution in [0.15, 0.2) is 29.6 Å². The number of aryl methyl sites for hydroxylation is 1. The highest BCUT2D eigenvalue weighted by molar-refractivity contribution is 7.10. The molecule has 18 heavy (non-hydrogen) atoms. The van der Waals surface area contributed by atoms with Crippen molar-refractivity contribution >= 4 is 11.3 Å². The smallest absolute Gasteiger partial charge is 0.123 e. The number of hydrogen-bond acceptors (Lipinski definition) is 2. The number of fused-ring (bicyclic) bond motifs is 7. The Morgan fingerprint density at radius 3 is 3.17 bits per heavy atom. The summed E-state index contributed by atoms with van der Waals surface area (Å²) in [6.07, 6.45) is 2.14. The van der Waals surface area contributed by atoms with Crippen LogP contribution >= 0.6 is 11.3 Å². The first-order valence-corrected chi connectivity index (χ1v) is 7.21. The summed E-state index contributed by atoms with van der Waals surface area (Å²) in [6.45, 7) is 2.23. The second kappa shape index (κ2) is 3.43.